The van der Waals surface area contributed by atoms with Gasteiger partial charge in [0.05, 0.1) is 10.7 Å². The van der Waals surface area contributed by atoms with Gasteiger partial charge in [0, 0.05) is 5.92 Å². The molecule has 1 heterocycles. The Labute approximate surface area is 93.2 Å². The Balaban J connectivity index is 2.34. The summed E-state index contributed by atoms with van der Waals surface area (Å²) in [6, 6.07) is 0. The van der Waals surface area contributed by atoms with Crippen LogP contribution in [0.4, 0.5) is 0 Å². The molecule has 0 aliphatic heterocycles. The summed E-state index contributed by atoms with van der Waals surface area (Å²) in [5.74, 6) is -0.415. The van der Waals surface area contributed by atoms with E-state index in [1.165, 1.54) is 24.2 Å². The fourth-order valence-electron chi connectivity index (χ4n) is 2.16. The summed E-state index contributed by atoms with van der Waals surface area (Å²) >= 11 is 1.34. The van der Waals surface area contributed by atoms with Crippen molar-refractivity contribution in [2.75, 3.05) is 0 Å². The number of nitrogens with zero attached hydrogens (tertiary/aromatic N) is 1. The van der Waals surface area contributed by atoms with Crippen LogP contribution in [0, 0.1) is 0 Å². The summed E-state index contributed by atoms with van der Waals surface area (Å²) in [7, 11) is 0. The molecule has 1 saturated carbocycles. The van der Waals surface area contributed by atoms with E-state index in [1.807, 2.05) is 6.92 Å². The van der Waals surface area contributed by atoms with Crippen LogP contribution in [0.15, 0.2) is 0 Å². The standard InChI is InChI=1S/C11H15NO2S/c1-2-8-12-9(7-5-3-4-6-7)10(15-8)11(13)14/h7H,2-6H2,1H3,(H,13,14). The Morgan fingerprint density at radius 2 is 2.20 bits per heavy atom. The van der Waals surface area contributed by atoms with Crippen molar-refractivity contribution in [3.63, 3.8) is 0 Å². The molecule has 0 radical (unpaired) electrons. The number of aromatic nitrogens is 1. The highest BCUT2D eigenvalue weighted by atomic mass is 32.1. The third-order valence-corrected chi connectivity index (χ3v) is 4.14. The van der Waals surface area contributed by atoms with Gasteiger partial charge in [-0.25, -0.2) is 9.78 Å². The second-order valence-electron chi connectivity index (χ2n) is 3.96. The third-order valence-electron chi connectivity index (χ3n) is 2.94. The highest BCUT2D eigenvalue weighted by Crippen LogP contribution is 2.37. The average Bonchev–Trinajstić information content (AvgIpc) is 2.86. The highest BCUT2D eigenvalue weighted by Gasteiger charge is 2.26. The van der Waals surface area contributed by atoms with Crippen LogP contribution < -0.4 is 0 Å². The smallest absolute Gasteiger partial charge is 0.347 e. The van der Waals surface area contributed by atoms with Gasteiger partial charge in [-0.3, -0.25) is 0 Å². The van der Waals surface area contributed by atoms with E-state index in [-0.39, 0.29) is 0 Å². The second-order valence-corrected chi connectivity index (χ2v) is 5.05. The van der Waals surface area contributed by atoms with Gasteiger partial charge in [-0.2, -0.15) is 0 Å². The molecule has 0 amide bonds. The molecule has 1 fully saturated rings. The van der Waals surface area contributed by atoms with Crippen molar-refractivity contribution >= 4 is 17.3 Å². The molecule has 0 aromatic carbocycles. The molecule has 1 N–H and O–H groups in total. The van der Waals surface area contributed by atoms with Crippen LogP contribution in [-0.4, -0.2) is 16.1 Å². The van der Waals surface area contributed by atoms with E-state index in [9.17, 15) is 4.79 Å². The van der Waals surface area contributed by atoms with E-state index in [1.54, 1.807) is 0 Å². The van der Waals surface area contributed by atoms with E-state index in [2.05, 4.69) is 4.98 Å². The fraction of sp³-hybridized carbons (Fsp3) is 0.636. The molecule has 0 atom stereocenters. The monoisotopic (exact) mass is 225 g/mol. The molecule has 15 heavy (non-hydrogen) atoms. The number of hydrogen-bond acceptors (Lipinski definition) is 3. The van der Waals surface area contributed by atoms with E-state index < -0.39 is 5.97 Å². The van der Waals surface area contributed by atoms with E-state index in [4.69, 9.17) is 5.11 Å². The Morgan fingerprint density at radius 3 is 2.73 bits per heavy atom. The van der Waals surface area contributed by atoms with Crippen molar-refractivity contribution in [3.8, 4) is 0 Å². The minimum atomic E-state index is -0.811. The number of carbonyl (C=O) groups is 1. The molecule has 0 unspecified atom stereocenters. The minimum Gasteiger partial charge on any atom is -0.477 e. The zero-order valence-electron chi connectivity index (χ0n) is 8.82. The van der Waals surface area contributed by atoms with Crippen LogP contribution >= 0.6 is 11.3 Å². The zero-order valence-corrected chi connectivity index (χ0v) is 9.64. The summed E-state index contributed by atoms with van der Waals surface area (Å²) in [6.45, 7) is 2.02. The lowest BCUT2D eigenvalue weighted by molar-refractivity contribution is 0.0700. The van der Waals surface area contributed by atoms with Crippen molar-refractivity contribution < 1.29 is 9.90 Å². The molecular formula is C11H15NO2S. The molecule has 1 aromatic rings. The first-order chi connectivity index (χ1) is 7.22. The number of carboxylic acid groups (broad SMARTS) is 1. The van der Waals surface area contributed by atoms with Gasteiger partial charge >= 0.3 is 5.97 Å². The van der Waals surface area contributed by atoms with Gasteiger partial charge in [0.25, 0.3) is 0 Å². The summed E-state index contributed by atoms with van der Waals surface area (Å²) in [5, 5.41) is 10.1. The maximum atomic E-state index is 11.1. The molecule has 0 spiro atoms. The van der Waals surface area contributed by atoms with E-state index in [0.717, 1.165) is 30.0 Å². The average molecular weight is 225 g/mol. The van der Waals surface area contributed by atoms with Crippen LogP contribution in [0.2, 0.25) is 0 Å². The van der Waals surface area contributed by atoms with Crippen LogP contribution in [0.1, 0.15) is 58.9 Å². The molecule has 82 valence electrons. The Bertz CT molecular complexity index is 367. The maximum Gasteiger partial charge on any atom is 0.347 e. The molecule has 3 nitrogen and oxygen atoms in total. The lowest BCUT2D eigenvalue weighted by Crippen LogP contribution is -2.02. The molecular weight excluding hydrogens is 210 g/mol. The lowest BCUT2D eigenvalue weighted by atomic mass is 10.0. The normalized spacial score (nSPS) is 17.1. The van der Waals surface area contributed by atoms with Gasteiger partial charge in [0.1, 0.15) is 4.88 Å². The molecule has 1 aliphatic carbocycles. The Morgan fingerprint density at radius 1 is 1.53 bits per heavy atom. The Hall–Kier alpha value is -0.900. The SMILES string of the molecule is CCc1nc(C2CCCC2)c(C(=O)O)s1. The van der Waals surface area contributed by atoms with Gasteiger partial charge < -0.3 is 5.11 Å². The maximum absolute atomic E-state index is 11.1. The summed E-state index contributed by atoms with van der Waals surface area (Å²) in [6.07, 6.45) is 5.46. The highest BCUT2D eigenvalue weighted by molar-refractivity contribution is 7.13. The molecule has 1 aliphatic rings. The first kappa shape index (κ1) is 10.6. The van der Waals surface area contributed by atoms with Crippen LogP contribution in [0.25, 0.3) is 0 Å². The number of aromatic carboxylic acids is 1. The third kappa shape index (κ3) is 2.04. The van der Waals surface area contributed by atoms with Gasteiger partial charge in [0.2, 0.25) is 0 Å². The predicted octanol–water partition coefficient (Wildman–Crippen LogP) is 3.06. The number of hydrogen-bond donors (Lipinski definition) is 1. The van der Waals surface area contributed by atoms with Crippen molar-refractivity contribution in [1.29, 1.82) is 0 Å². The fourth-order valence-corrected chi connectivity index (χ4v) is 3.09. The number of aryl methyl sites for hydroxylation is 1. The van der Waals surface area contributed by atoms with Crippen LogP contribution in [0.3, 0.4) is 0 Å². The van der Waals surface area contributed by atoms with Gasteiger partial charge in [-0.05, 0) is 19.3 Å². The van der Waals surface area contributed by atoms with E-state index >= 15 is 0 Å². The van der Waals surface area contributed by atoms with Crippen molar-refractivity contribution in [2.45, 2.75) is 44.9 Å². The minimum absolute atomic E-state index is 0.396. The Kier molecular flexibility index (Phi) is 3.05. The number of rotatable bonds is 3. The first-order valence-corrected chi connectivity index (χ1v) is 6.27. The summed E-state index contributed by atoms with van der Waals surface area (Å²) < 4.78 is 0. The lowest BCUT2D eigenvalue weighted by Gasteiger charge is -2.05. The van der Waals surface area contributed by atoms with Gasteiger partial charge in [0.15, 0.2) is 0 Å². The predicted molar refractivity (Wildman–Crippen MR) is 59.7 cm³/mol. The number of carboxylic acids is 1. The molecule has 2 rings (SSSR count). The zero-order chi connectivity index (χ0) is 10.8. The van der Waals surface area contributed by atoms with Crippen LogP contribution in [-0.2, 0) is 6.42 Å². The van der Waals surface area contributed by atoms with Gasteiger partial charge in [-0.15, -0.1) is 11.3 Å². The second kappa shape index (κ2) is 4.31. The van der Waals surface area contributed by atoms with E-state index in [0.29, 0.717) is 10.8 Å². The largest absolute Gasteiger partial charge is 0.477 e. The first-order valence-electron chi connectivity index (χ1n) is 5.45. The number of thiazole rings is 1. The molecule has 0 saturated heterocycles. The topological polar surface area (TPSA) is 50.2 Å². The molecule has 1 aromatic heterocycles. The quantitative estimate of drug-likeness (QED) is 0.860. The van der Waals surface area contributed by atoms with Gasteiger partial charge in [-0.1, -0.05) is 19.8 Å². The van der Waals surface area contributed by atoms with Crippen molar-refractivity contribution in [3.05, 3.63) is 15.6 Å². The molecule has 4 heteroatoms. The van der Waals surface area contributed by atoms with Crippen LogP contribution in [0.5, 0.6) is 0 Å². The summed E-state index contributed by atoms with van der Waals surface area (Å²) in [4.78, 5) is 16.0. The van der Waals surface area contributed by atoms with Crippen molar-refractivity contribution in [1.82, 2.24) is 4.98 Å². The molecule has 0 bridgehead atoms. The summed E-state index contributed by atoms with van der Waals surface area (Å²) in [5.41, 5.74) is 0.849. The van der Waals surface area contributed by atoms with Crippen molar-refractivity contribution in [2.24, 2.45) is 0 Å².